The smallest absolute Gasteiger partial charge is 0.134 e. The molecule has 0 aliphatic rings. The summed E-state index contributed by atoms with van der Waals surface area (Å²) in [6.07, 6.45) is 1.78. The van der Waals surface area contributed by atoms with E-state index < -0.39 is 0 Å². The summed E-state index contributed by atoms with van der Waals surface area (Å²) in [5, 5.41) is 4.05. The minimum Gasteiger partial charge on any atom is -0.459 e. The van der Waals surface area contributed by atoms with E-state index in [1.807, 2.05) is 55.5 Å². The van der Waals surface area contributed by atoms with Gasteiger partial charge in [-0.05, 0) is 55.5 Å². The first-order valence-electron chi connectivity index (χ1n) is 6.72. The van der Waals surface area contributed by atoms with Crippen LogP contribution in [0.5, 0.6) is 0 Å². The first-order chi connectivity index (χ1) is 10.2. The Morgan fingerprint density at radius 3 is 2.48 bits per heavy atom. The van der Waals surface area contributed by atoms with Crippen LogP contribution in [0.3, 0.4) is 0 Å². The molecule has 3 rings (SSSR count). The van der Waals surface area contributed by atoms with Crippen LogP contribution in [0.2, 0.25) is 5.02 Å². The number of hydrogen-bond acceptors (Lipinski definition) is 3. The largest absolute Gasteiger partial charge is 0.459 e. The van der Waals surface area contributed by atoms with Crippen LogP contribution in [0.15, 0.2) is 59.1 Å². The van der Waals surface area contributed by atoms with Crippen molar-refractivity contribution in [1.82, 2.24) is 4.98 Å². The molecule has 0 radical (unpaired) electrons. The monoisotopic (exact) mass is 370 g/mol. The van der Waals surface area contributed by atoms with Gasteiger partial charge in [0.1, 0.15) is 11.5 Å². The summed E-state index contributed by atoms with van der Waals surface area (Å²) in [5.41, 5.74) is 3.01. The quantitative estimate of drug-likeness (QED) is 0.633. The maximum absolute atomic E-state index is 5.89. The molecule has 0 saturated carbocycles. The number of aryl methyl sites for hydroxylation is 1. The van der Waals surface area contributed by atoms with E-state index in [1.54, 1.807) is 6.20 Å². The zero-order chi connectivity index (χ0) is 14.7. The van der Waals surface area contributed by atoms with E-state index in [0.29, 0.717) is 6.54 Å². The van der Waals surface area contributed by atoms with E-state index in [2.05, 4.69) is 10.3 Å². The van der Waals surface area contributed by atoms with Crippen LogP contribution in [0.4, 0.5) is 5.69 Å². The molecule has 0 aliphatic carbocycles. The van der Waals surface area contributed by atoms with Gasteiger partial charge in [-0.25, -0.2) is 0 Å². The van der Waals surface area contributed by atoms with E-state index in [4.69, 9.17) is 16.0 Å². The third kappa shape index (κ3) is 4.90. The molecular weight excluding hydrogens is 355 g/mol. The van der Waals surface area contributed by atoms with Crippen molar-refractivity contribution in [2.24, 2.45) is 0 Å². The molecule has 0 unspecified atom stereocenters. The van der Waals surface area contributed by atoms with Gasteiger partial charge in [0.25, 0.3) is 0 Å². The van der Waals surface area contributed by atoms with Crippen molar-refractivity contribution in [3.8, 4) is 11.3 Å². The van der Waals surface area contributed by atoms with Crippen LogP contribution in [0.1, 0.15) is 11.5 Å². The van der Waals surface area contributed by atoms with Gasteiger partial charge < -0.3 is 9.73 Å². The van der Waals surface area contributed by atoms with Crippen molar-refractivity contribution >= 4 is 42.1 Å². The number of furan rings is 1. The number of benzene rings is 1. The van der Waals surface area contributed by atoms with Crippen molar-refractivity contribution in [3.63, 3.8) is 0 Å². The Labute approximate surface area is 152 Å². The van der Waals surface area contributed by atoms with Crippen LogP contribution in [-0.4, -0.2) is 4.98 Å². The number of hydrogen-bond donors (Lipinski definition) is 1. The van der Waals surface area contributed by atoms with Gasteiger partial charge in [-0.2, -0.15) is 0 Å². The predicted molar refractivity (Wildman–Crippen MR) is 100.0 cm³/mol. The van der Waals surface area contributed by atoms with Crippen LogP contribution in [-0.2, 0) is 6.54 Å². The molecule has 0 atom stereocenters. The second kappa shape index (κ2) is 8.82. The Morgan fingerprint density at radius 1 is 1.04 bits per heavy atom. The zero-order valence-electron chi connectivity index (χ0n) is 12.5. The average molecular weight is 372 g/mol. The van der Waals surface area contributed by atoms with E-state index in [0.717, 1.165) is 33.5 Å². The number of nitrogens with one attached hydrogen (secondary N) is 1. The lowest BCUT2D eigenvalue weighted by atomic mass is 10.2. The molecule has 0 amide bonds. The molecule has 0 aliphatic heterocycles. The fourth-order valence-electron chi connectivity index (χ4n) is 2.10. The van der Waals surface area contributed by atoms with Crippen LogP contribution >= 0.6 is 36.4 Å². The average Bonchev–Trinajstić information content (AvgIpc) is 2.96. The van der Waals surface area contributed by atoms with E-state index >= 15 is 0 Å². The third-order valence-electron chi connectivity index (χ3n) is 3.25. The molecule has 1 N–H and O–H groups in total. The summed E-state index contributed by atoms with van der Waals surface area (Å²) in [5.74, 6) is 1.72. The van der Waals surface area contributed by atoms with Gasteiger partial charge in [-0.1, -0.05) is 11.6 Å². The molecule has 0 spiro atoms. The molecule has 1 aromatic carbocycles. The molecule has 6 heteroatoms. The molecule has 23 heavy (non-hydrogen) atoms. The summed E-state index contributed by atoms with van der Waals surface area (Å²) in [4.78, 5) is 4.25. The van der Waals surface area contributed by atoms with Gasteiger partial charge in [0.2, 0.25) is 0 Å². The molecule has 2 heterocycles. The SMILES string of the molecule is Cc1ncccc1NCc1ccc(-c2ccc(Cl)cc2)o1.Cl.Cl. The van der Waals surface area contributed by atoms with Crippen LogP contribution in [0, 0.1) is 6.92 Å². The number of halogens is 3. The Morgan fingerprint density at radius 2 is 1.78 bits per heavy atom. The maximum Gasteiger partial charge on any atom is 0.134 e. The molecule has 3 aromatic rings. The number of pyridine rings is 1. The number of anilines is 1. The van der Waals surface area contributed by atoms with Crippen LogP contribution < -0.4 is 5.32 Å². The second-order valence-corrected chi connectivity index (χ2v) is 5.20. The molecule has 122 valence electrons. The summed E-state index contributed by atoms with van der Waals surface area (Å²) >= 11 is 5.89. The topological polar surface area (TPSA) is 38.1 Å². The molecule has 2 aromatic heterocycles. The minimum atomic E-state index is 0. The van der Waals surface area contributed by atoms with Crippen molar-refractivity contribution in [3.05, 3.63) is 71.2 Å². The predicted octanol–water partition coefficient (Wildman–Crippen LogP) is 5.76. The lowest BCUT2D eigenvalue weighted by Crippen LogP contribution is -2.00. The summed E-state index contributed by atoms with van der Waals surface area (Å²) in [7, 11) is 0. The molecule has 0 fully saturated rings. The molecule has 3 nitrogen and oxygen atoms in total. The number of nitrogens with zero attached hydrogens (tertiary/aromatic N) is 1. The summed E-state index contributed by atoms with van der Waals surface area (Å²) in [6, 6.07) is 15.5. The molecule has 0 saturated heterocycles. The Kier molecular flexibility index (Phi) is 7.43. The van der Waals surface area contributed by atoms with Crippen molar-refractivity contribution in [2.75, 3.05) is 5.32 Å². The van der Waals surface area contributed by atoms with Crippen molar-refractivity contribution in [1.29, 1.82) is 0 Å². The normalized spacial score (nSPS) is 9.65. The first kappa shape index (κ1) is 19.4. The lowest BCUT2D eigenvalue weighted by Gasteiger charge is -2.06. The van der Waals surface area contributed by atoms with Crippen molar-refractivity contribution in [2.45, 2.75) is 13.5 Å². The van der Waals surface area contributed by atoms with Gasteiger partial charge in [-0.3, -0.25) is 4.98 Å². The first-order valence-corrected chi connectivity index (χ1v) is 7.10. The Hall–Kier alpha value is -1.68. The Balaban J connectivity index is 0.00000132. The third-order valence-corrected chi connectivity index (χ3v) is 3.50. The maximum atomic E-state index is 5.89. The van der Waals surface area contributed by atoms with E-state index in [9.17, 15) is 0 Å². The summed E-state index contributed by atoms with van der Waals surface area (Å²) < 4.78 is 5.85. The zero-order valence-corrected chi connectivity index (χ0v) is 14.8. The highest BCUT2D eigenvalue weighted by molar-refractivity contribution is 6.30. The Bertz CT molecular complexity index is 742. The summed E-state index contributed by atoms with van der Waals surface area (Å²) in [6.45, 7) is 2.60. The van der Waals surface area contributed by atoms with Crippen LogP contribution in [0.25, 0.3) is 11.3 Å². The fourth-order valence-corrected chi connectivity index (χ4v) is 2.22. The van der Waals surface area contributed by atoms with Gasteiger partial charge >= 0.3 is 0 Å². The van der Waals surface area contributed by atoms with Gasteiger partial charge in [-0.15, -0.1) is 24.8 Å². The molecule has 0 bridgehead atoms. The van der Waals surface area contributed by atoms with E-state index in [-0.39, 0.29) is 24.8 Å². The fraction of sp³-hybridized carbons (Fsp3) is 0.118. The molecular formula is C17H17Cl3N2O. The highest BCUT2D eigenvalue weighted by Crippen LogP contribution is 2.24. The minimum absolute atomic E-state index is 0. The van der Waals surface area contributed by atoms with Gasteiger partial charge in [0, 0.05) is 16.8 Å². The highest BCUT2D eigenvalue weighted by Gasteiger charge is 2.05. The van der Waals surface area contributed by atoms with Gasteiger partial charge in [0.15, 0.2) is 0 Å². The highest BCUT2D eigenvalue weighted by atomic mass is 35.5. The van der Waals surface area contributed by atoms with Crippen molar-refractivity contribution < 1.29 is 4.42 Å². The number of rotatable bonds is 4. The van der Waals surface area contributed by atoms with Gasteiger partial charge in [0.05, 0.1) is 17.9 Å². The van der Waals surface area contributed by atoms with E-state index in [1.165, 1.54) is 0 Å². The lowest BCUT2D eigenvalue weighted by molar-refractivity contribution is 0.531. The second-order valence-electron chi connectivity index (χ2n) is 4.76. The number of aromatic nitrogens is 1. The standard InChI is InChI=1S/C17H15ClN2O.2ClH/c1-12-16(3-2-10-19-12)20-11-15-8-9-17(21-15)13-4-6-14(18)7-5-13;;/h2-10,20H,11H2,1H3;2*1H.